The minimum Gasteiger partial charge on any atom is -0.323 e. The summed E-state index contributed by atoms with van der Waals surface area (Å²) in [7, 11) is 0. The number of halogens is 3. The molecule has 0 spiro atoms. The van der Waals surface area contributed by atoms with Gasteiger partial charge in [0, 0.05) is 17.1 Å². The molecule has 0 aromatic carbocycles. The maximum Gasteiger partial charge on any atom is 0.417 e. The van der Waals surface area contributed by atoms with Crippen molar-refractivity contribution in [3.8, 4) is 0 Å². The van der Waals surface area contributed by atoms with Crippen molar-refractivity contribution in [2.75, 3.05) is 0 Å². The van der Waals surface area contributed by atoms with Crippen molar-refractivity contribution in [3.63, 3.8) is 0 Å². The van der Waals surface area contributed by atoms with Gasteiger partial charge in [0.2, 0.25) is 0 Å². The molecular weight excluding hydrogens is 273 g/mol. The van der Waals surface area contributed by atoms with E-state index in [2.05, 4.69) is 4.98 Å². The molecule has 0 aliphatic rings. The first-order valence-corrected chi connectivity index (χ1v) is 6.66. The van der Waals surface area contributed by atoms with Gasteiger partial charge >= 0.3 is 6.18 Å². The van der Waals surface area contributed by atoms with E-state index in [1.165, 1.54) is 10.9 Å². The molecule has 19 heavy (non-hydrogen) atoms. The summed E-state index contributed by atoms with van der Waals surface area (Å²) >= 11 is 1.64. The fourth-order valence-corrected chi connectivity index (χ4v) is 2.42. The van der Waals surface area contributed by atoms with E-state index in [-0.39, 0.29) is 6.04 Å². The number of nitrogens with zero attached hydrogens (tertiary/aromatic N) is 1. The van der Waals surface area contributed by atoms with Crippen LogP contribution in [-0.2, 0) is 12.6 Å². The highest BCUT2D eigenvalue weighted by Crippen LogP contribution is 2.29. The zero-order chi connectivity index (χ0) is 13.9. The lowest BCUT2D eigenvalue weighted by Gasteiger charge is -2.12. The van der Waals surface area contributed by atoms with Crippen LogP contribution in [0, 0.1) is 0 Å². The van der Waals surface area contributed by atoms with Crippen LogP contribution in [0.5, 0.6) is 0 Å². The Morgan fingerprint density at radius 1 is 1.26 bits per heavy atom. The van der Waals surface area contributed by atoms with Crippen molar-refractivity contribution in [2.45, 2.75) is 25.1 Å². The zero-order valence-electron chi connectivity index (χ0n) is 10.0. The second-order valence-electron chi connectivity index (χ2n) is 4.19. The average molecular weight is 286 g/mol. The van der Waals surface area contributed by atoms with Gasteiger partial charge in [-0.3, -0.25) is 4.98 Å². The maximum atomic E-state index is 12.4. The number of hydrogen-bond acceptors (Lipinski definition) is 3. The standard InChI is InChI=1S/C13H13F3N2S/c14-13(15,16)9-3-6-12(18-8-9)11(17)5-4-10-2-1-7-19-10/h1-3,6-8,11H,4-5,17H2. The lowest BCUT2D eigenvalue weighted by Crippen LogP contribution is -2.14. The van der Waals surface area contributed by atoms with Crippen LogP contribution in [0.1, 0.15) is 28.6 Å². The topological polar surface area (TPSA) is 38.9 Å². The smallest absolute Gasteiger partial charge is 0.323 e. The Labute approximate surface area is 113 Å². The molecule has 2 rings (SSSR count). The minimum absolute atomic E-state index is 0.343. The van der Waals surface area contributed by atoms with Gasteiger partial charge in [0.25, 0.3) is 0 Å². The summed E-state index contributed by atoms with van der Waals surface area (Å²) in [6.45, 7) is 0. The lowest BCUT2D eigenvalue weighted by molar-refractivity contribution is -0.137. The third kappa shape index (κ3) is 3.78. The van der Waals surface area contributed by atoms with Crippen LogP contribution in [0.3, 0.4) is 0 Å². The van der Waals surface area contributed by atoms with E-state index in [4.69, 9.17) is 5.73 Å². The van der Waals surface area contributed by atoms with Crippen LogP contribution in [0.15, 0.2) is 35.8 Å². The third-order valence-corrected chi connectivity index (χ3v) is 3.71. The zero-order valence-corrected chi connectivity index (χ0v) is 10.8. The van der Waals surface area contributed by atoms with Gasteiger partial charge in [0.15, 0.2) is 0 Å². The molecule has 2 nitrogen and oxygen atoms in total. The van der Waals surface area contributed by atoms with Gasteiger partial charge in [-0.05, 0) is 36.4 Å². The molecule has 2 heterocycles. The van der Waals surface area contributed by atoms with Crippen molar-refractivity contribution >= 4 is 11.3 Å². The Balaban J connectivity index is 1.97. The first kappa shape index (κ1) is 14.0. The van der Waals surface area contributed by atoms with Gasteiger partial charge in [-0.2, -0.15) is 13.2 Å². The van der Waals surface area contributed by atoms with Crippen molar-refractivity contribution in [1.82, 2.24) is 4.98 Å². The first-order chi connectivity index (χ1) is 8.97. The summed E-state index contributed by atoms with van der Waals surface area (Å²) < 4.78 is 37.2. The fraction of sp³-hybridized carbons (Fsp3) is 0.308. The van der Waals surface area contributed by atoms with Gasteiger partial charge in [-0.1, -0.05) is 6.07 Å². The molecule has 0 bridgehead atoms. The monoisotopic (exact) mass is 286 g/mol. The summed E-state index contributed by atoms with van der Waals surface area (Å²) in [6.07, 6.45) is -2.05. The van der Waals surface area contributed by atoms with Crippen LogP contribution in [-0.4, -0.2) is 4.98 Å². The number of thiophene rings is 1. The molecule has 1 atom stereocenters. The summed E-state index contributed by atoms with van der Waals surface area (Å²) in [5.74, 6) is 0. The number of aryl methyl sites for hydroxylation is 1. The molecule has 0 fully saturated rings. The van der Waals surface area contributed by atoms with Gasteiger partial charge in [-0.15, -0.1) is 11.3 Å². The molecule has 2 N–H and O–H groups in total. The summed E-state index contributed by atoms with van der Waals surface area (Å²) in [6, 6.07) is 6.00. The van der Waals surface area contributed by atoms with Crippen LogP contribution < -0.4 is 5.73 Å². The molecule has 1 unspecified atom stereocenters. The molecule has 0 aliphatic carbocycles. The van der Waals surface area contributed by atoms with Crippen LogP contribution in [0.2, 0.25) is 0 Å². The van der Waals surface area contributed by atoms with Crippen LogP contribution in [0.4, 0.5) is 13.2 Å². The molecule has 6 heteroatoms. The van der Waals surface area contributed by atoms with Crippen molar-refractivity contribution in [2.24, 2.45) is 5.73 Å². The molecular formula is C13H13F3N2S. The van der Waals surface area contributed by atoms with E-state index in [1.54, 1.807) is 11.3 Å². The van der Waals surface area contributed by atoms with Crippen molar-refractivity contribution < 1.29 is 13.2 Å². The molecule has 102 valence electrons. The van der Waals surface area contributed by atoms with E-state index >= 15 is 0 Å². The molecule has 2 aromatic rings. The molecule has 0 saturated heterocycles. The average Bonchev–Trinajstić information content (AvgIpc) is 2.88. The molecule has 0 aliphatic heterocycles. The Morgan fingerprint density at radius 3 is 2.58 bits per heavy atom. The van der Waals surface area contributed by atoms with Crippen LogP contribution in [0.25, 0.3) is 0 Å². The second-order valence-corrected chi connectivity index (χ2v) is 5.23. The number of hydrogen-bond donors (Lipinski definition) is 1. The molecule has 0 radical (unpaired) electrons. The van der Waals surface area contributed by atoms with E-state index in [0.717, 1.165) is 18.7 Å². The van der Waals surface area contributed by atoms with E-state index in [9.17, 15) is 13.2 Å². The lowest BCUT2D eigenvalue weighted by atomic mass is 10.1. The van der Waals surface area contributed by atoms with Crippen molar-refractivity contribution in [1.29, 1.82) is 0 Å². The number of alkyl halides is 3. The van der Waals surface area contributed by atoms with Gasteiger partial charge < -0.3 is 5.73 Å². The van der Waals surface area contributed by atoms with E-state index < -0.39 is 11.7 Å². The summed E-state index contributed by atoms with van der Waals surface area (Å²) in [5.41, 5.74) is 5.67. The highest BCUT2D eigenvalue weighted by Gasteiger charge is 2.30. The normalized spacial score (nSPS) is 13.5. The fourth-order valence-electron chi connectivity index (χ4n) is 1.69. The second kappa shape index (κ2) is 5.71. The number of nitrogens with two attached hydrogens (primary N) is 1. The first-order valence-electron chi connectivity index (χ1n) is 5.78. The number of aromatic nitrogens is 1. The maximum absolute atomic E-state index is 12.4. The molecule has 0 saturated carbocycles. The number of rotatable bonds is 4. The van der Waals surface area contributed by atoms with E-state index in [0.29, 0.717) is 12.1 Å². The van der Waals surface area contributed by atoms with Gasteiger partial charge in [0.1, 0.15) is 0 Å². The molecule has 0 amide bonds. The largest absolute Gasteiger partial charge is 0.417 e. The Morgan fingerprint density at radius 2 is 2.05 bits per heavy atom. The quantitative estimate of drug-likeness (QED) is 0.928. The third-order valence-electron chi connectivity index (χ3n) is 2.78. The Hall–Kier alpha value is -1.40. The highest BCUT2D eigenvalue weighted by atomic mass is 32.1. The van der Waals surface area contributed by atoms with Gasteiger partial charge in [-0.25, -0.2) is 0 Å². The van der Waals surface area contributed by atoms with E-state index in [1.807, 2.05) is 17.5 Å². The number of pyridine rings is 1. The Bertz CT molecular complexity index is 506. The SMILES string of the molecule is NC(CCc1cccs1)c1ccc(C(F)(F)F)cn1. The summed E-state index contributed by atoms with van der Waals surface area (Å²) in [5, 5.41) is 1.98. The predicted molar refractivity (Wildman–Crippen MR) is 68.8 cm³/mol. The summed E-state index contributed by atoms with van der Waals surface area (Å²) in [4.78, 5) is 5.01. The minimum atomic E-state index is -4.35. The van der Waals surface area contributed by atoms with Crippen molar-refractivity contribution in [3.05, 3.63) is 52.0 Å². The predicted octanol–water partition coefficient (Wildman–Crippen LogP) is 3.79. The van der Waals surface area contributed by atoms with Gasteiger partial charge in [0.05, 0.1) is 11.3 Å². The molecule has 2 aromatic heterocycles. The highest BCUT2D eigenvalue weighted by molar-refractivity contribution is 7.09. The Kier molecular flexibility index (Phi) is 4.21. The van der Waals surface area contributed by atoms with Crippen LogP contribution >= 0.6 is 11.3 Å².